The molecular formula is C24H30N3O2S+. The van der Waals surface area contributed by atoms with Crippen LogP contribution in [-0.4, -0.2) is 42.5 Å². The molecule has 2 aromatic rings. The molecule has 1 fully saturated rings. The lowest BCUT2D eigenvalue weighted by Gasteiger charge is -2.19. The standard InChI is InChI=1S/C24H29N3O2S/c28-22-8-12-27(16-22)21-6-4-18(5-7-21)14-19-2-1-3-20-15-26(11-9-23(19)20)17-24(29)25-10-13-30/h4-7,9,11,14-15,22,28H,1-3,8,10,12-13,16-17H2,(H-,25,29,30)/p+1. The first-order valence-electron chi connectivity index (χ1n) is 10.8. The molecule has 1 atom stereocenters. The molecule has 1 amide bonds. The zero-order valence-electron chi connectivity index (χ0n) is 17.3. The molecular weight excluding hydrogens is 394 g/mol. The van der Waals surface area contributed by atoms with Crippen molar-refractivity contribution in [2.24, 2.45) is 0 Å². The maximum absolute atomic E-state index is 12.0. The van der Waals surface area contributed by atoms with Crippen LogP contribution in [0.5, 0.6) is 0 Å². The topological polar surface area (TPSA) is 56.5 Å². The Hall–Kier alpha value is -2.31. The molecule has 1 unspecified atom stereocenters. The lowest BCUT2D eigenvalue weighted by atomic mass is 9.87. The molecule has 2 aliphatic rings. The van der Waals surface area contributed by atoms with Gasteiger partial charge in [-0.15, -0.1) is 0 Å². The first-order chi connectivity index (χ1) is 14.6. The van der Waals surface area contributed by atoms with Crippen molar-refractivity contribution in [3.05, 3.63) is 59.4 Å². The largest absolute Gasteiger partial charge is 0.391 e. The highest BCUT2D eigenvalue weighted by atomic mass is 32.1. The molecule has 0 saturated carbocycles. The second-order valence-electron chi connectivity index (χ2n) is 8.13. The first kappa shape index (κ1) is 20.9. The molecule has 158 valence electrons. The average molecular weight is 425 g/mol. The van der Waals surface area contributed by atoms with Crippen molar-refractivity contribution in [3.8, 4) is 0 Å². The van der Waals surface area contributed by atoms with Gasteiger partial charge in [0, 0.05) is 42.7 Å². The molecule has 5 nitrogen and oxygen atoms in total. The number of thiol groups is 1. The van der Waals surface area contributed by atoms with Gasteiger partial charge in [-0.25, -0.2) is 0 Å². The Labute approximate surface area is 183 Å². The van der Waals surface area contributed by atoms with Gasteiger partial charge in [-0.3, -0.25) is 4.79 Å². The summed E-state index contributed by atoms with van der Waals surface area (Å²) >= 11 is 4.13. The van der Waals surface area contributed by atoms with Crippen molar-refractivity contribution >= 4 is 35.9 Å². The summed E-state index contributed by atoms with van der Waals surface area (Å²) in [5, 5.41) is 12.6. The van der Waals surface area contributed by atoms with E-state index >= 15 is 0 Å². The maximum atomic E-state index is 12.0. The van der Waals surface area contributed by atoms with E-state index in [1.807, 2.05) is 10.8 Å². The number of allylic oxidation sites excluding steroid dienone is 1. The molecule has 1 aromatic carbocycles. The fourth-order valence-corrected chi connectivity index (χ4v) is 4.44. The summed E-state index contributed by atoms with van der Waals surface area (Å²) < 4.78 is 1.97. The van der Waals surface area contributed by atoms with E-state index in [9.17, 15) is 9.90 Å². The number of pyridine rings is 1. The van der Waals surface area contributed by atoms with Gasteiger partial charge in [0.1, 0.15) is 0 Å². The van der Waals surface area contributed by atoms with E-state index in [-0.39, 0.29) is 12.0 Å². The monoisotopic (exact) mass is 424 g/mol. The minimum atomic E-state index is -0.206. The van der Waals surface area contributed by atoms with Crippen molar-refractivity contribution in [2.75, 3.05) is 30.3 Å². The summed E-state index contributed by atoms with van der Waals surface area (Å²) in [5.41, 5.74) is 6.33. The quantitative estimate of drug-likeness (QED) is 0.493. The SMILES string of the molecule is O=C(C[n+]1ccc2c(c1)CCCC2=Cc1ccc(N2CCC(O)C2)cc1)NCCS. The number of anilines is 1. The van der Waals surface area contributed by atoms with Gasteiger partial charge >= 0.3 is 0 Å². The molecule has 2 N–H and O–H groups in total. The number of hydrogen-bond donors (Lipinski definition) is 3. The fraction of sp³-hybridized carbons (Fsp3) is 0.417. The summed E-state index contributed by atoms with van der Waals surface area (Å²) in [5.74, 6) is 0.668. The number of hydrogen-bond acceptors (Lipinski definition) is 4. The van der Waals surface area contributed by atoms with Gasteiger partial charge in [0.25, 0.3) is 5.91 Å². The zero-order valence-corrected chi connectivity index (χ0v) is 18.2. The molecule has 2 heterocycles. The number of aliphatic hydroxyl groups excluding tert-OH is 1. The van der Waals surface area contributed by atoms with Gasteiger partial charge in [0.2, 0.25) is 6.54 Å². The molecule has 4 rings (SSSR count). The number of carbonyl (C=O) groups excluding carboxylic acids is 1. The number of β-amino-alcohol motifs (C(OH)–C–C–N with tert-alkyl or cyclic N) is 1. The van der Waals surface area contributed by atoms with Crippen molar-refractivity contribution in [2.45, 2.75) is 38.3 Å². The minimum Gasteiger partial charge on any atom is -0.391 e. The van der Waals surface area contributed by atoms with Gasteiger partial charge in [0.05, 0.1) is 6.10 Å². The molecule has 1 aromatic heterocycles. The molecule has 1 saturated heterocycles. The number of amides is 1. The Morgan fingerprint density at radius 3 is 2.83 bits per heavy atom. The average Bonchev–Trinajstić information content (AvgIpc) is 3.19. The number of aliphatic hydroxyl groups is 1. The van der Waals surface area contributed by atoms with E-state index < -0.39 is 0 Å². The number of aromatic nitrogens is 1. The van der Waals surface area contributed by atoms with Crippen LogP contribution in [0.25, 0.3) is 11.6 Å². The molecule has 1 aliphatic carbocycles. The van der Waals surface area contributed by atoms with Gasteiger partial charge in [-0.1, -0.05) is 18.2 Å². The Balaban J connectivity index is 1.48. The second kappa shape index (κ2) is 9.67. The number of aryl methyl sites for hydroxylation is 1. The summed E-state index contributed by atoms with van der Waals surface area (Å²) in [6.45, 7) is 2.58. The lowest BCUT2D eigenvalue weighted by Crippen LogP contribution is -2.43. The third-order valence-electron chi connectivity index (χ3n) is 5.86. The van der Waals surface area contributed by atoms with E-state index in [2.05, 4.69) is 65.5 Å². The Bertz CT molecular complexity index is 927. The molecule has 6 heteroatoms. The third-order valence-corrected chi connectivity index (χ3v) is 6.08. The van der Waals surface area contributed by atoms with E-state index in [4.69, 9.17) is 0 Å². The molecule has 0 radical (unpaired) electrons. The van der Waals surface area contributed by atoms with Crippen LogP contribution in [0.2, 0.25) is 0 Å². The number of nitrogens with one attached hydrogen (secondary N) is 1. The van der Waals surface area contributed by atoms with Crippen molar-refractivity contribution in [1.82, 2.24) is 5.32 Å². The number of fused-ring (bicyclic) bond motifs is 1. The maximum Gasteiger partial charge on any atom is 0.286 e. The number of carbonyl (C=O) groups is 1. The predicted molar refractivity (Wildman–Crippen MR) is 124 cm³/mol. The molecule has 0 bridgehead atoms. The predicted octanol–water partition coefficient (Wildman–Crippen LogP) is 2.47. The van der Waals surface area contributed by atoms with Crippen molar-refractivity contribution in [3.63, 3.8) is 0 Å². The highest BCUT2D eigenvalue weighted by molar-refractivity contribution is 7.80. The fourth-order valence-electron chi connectivity index (χ4n) is 4.33. The molecule has 1 aliphatic heterocycles. The van der Waals surface area contributed by atoms with Gasteiger partial charge < -0.3 is 15.3 Å². The summed E-state index contributed by atoms with van der Waals surface area (Å²) in [4.78, 5) is 14.2. The number of nitrogens with zero attached hydrogens (tertiary/aromatic N) is 2. The second-order valence-corrected chi connectivity index (χ2v) is 8.58. The number of rotatable bonds is 6. The molecule has 30 heavy (non-hydrogen) atoms. The summed E-state index contributed by atoms with van der Waals surface area (Å²) in [6.07, 6.45) is 10.3. The lowest BCUT2D eigenvalue weighted by molar-refractivity contribution is -0.684. The normalized spacial score (nSPS) is 19.7. The van der Waals surface area contributed by atoms with Crippen LogP contribution in [-0.2, 0) is 17.8 Å². The van der Waals surface area contributed by atoms with E-state index in [0.29, 0.717) is 18.8 Å². The number of benzene rings is 1. The summed E-state index contributed by atoms with van der Waals surface area (Å²) in [7, 11) is 0. The van der Waals surface area contributed by atoms with Gasteiger partial charge in [-0.05, 0) is 54.5 Å². The first-order valence-corrected chi connectivity index (χ1v) is 11.4. The zero-order chi connectivity index (χ0) is 20.9. The van der Waals surface area contributed by atoms with Crippen LogP contribution < -0.4 is 14.8 Å². The Morgan fingerprint density at radius 1 is 1.27 bits per heavy atom. The highest BCUT2D eigenvalue weighted by Gasteiger charge is 2.21. The summed E-state index contributed by atoms with van der Waals surface area (Å²) in [6, 6.07) is 10.8. The van der Waals surface area contributed by atoms with Crippen LogP contribution in [0.4, 0.5) is 5.69 Å². The van der Waals surface area contributed by atoms with Gasteiger partial charge in [-0.2, -0.15) is 17.2 Å². The molecule has 0 spiro atoms. The van der Waals surface area contributed by atoms with E-state index in [1.165, 1.54) is 28.0 Å². The van der Waals surface area contributed by atoms with Crippen LogP contribution >= 0.6 is 12.6 Å². The van der Waals surface area contributed by atoms with Crippen molar-refractivity contribution < 1.29 is 14.5 Å². The highest BCUT2D eigenvalue weighted by Crippen LogP contribution is 2.32. The Morgan fingerprint density at radius 2 is 2.10 bits per heavy atom. The van der Waals surface area contributed by atoms with Crippen LogP contribution in [0.15, 0.2) is 42.7 Å². The van der Waals surface area contributed by atoms with Crippen LogP contribution in [0.3, 0.4) is 0 Å². The minimum absolute atomic E-state index is 0.0196. The van der Waals surface area contributed by atoms with Crippen LogP contribution in [0, 0.1) is 0 Å². The Kier molecular flexibility index (Phi) is 6.75. The van der Waals surface area contributed by atoms with E-state index in [0.717, 1.165) is 38.8 Å². The van der Waals surface area contributed by atoms with Gasteiger partial charge in [0.15, 0.2) is 12.4 Å². The van der Waals surface area contributed by atoms with E-state index in [1.54, 1.807) is 0 Å². The van der Waals surface area contributed by atoms with Crippen molar-refractivity contribution in [1.29, 1.82) is 0 Å². The smallest absolute Gasteiger partial charge is 0.286 e. The van der Waals surface area contributed by atoms with Crippen LogP contribution in [0.1, 0.15) is 36.0 Å². The third kappa shape index (κ3) is 5.05.